The second-order valence-corrected chi connectivity index (χ2v) is 6.69. The molecule has 0 unspecified atom stereocenters. The van der Waals surface area contributed by atoms with E-state index in [1.54, 1.807) is 0 Å². The molecule has 1 saturated carbocycles. The van der Waals surface area contributed by atoms with E-state index in [-0.39, 0.29) is 0 Å². The number of aryl methyl sites for hydroxylation is 2. The number of nitrogens with one attached hydrogen (secondary N) is 2. The van der Waals surface area contributed by atoms with Gasteiger partial charge in [-0.05, 0) is 55.9 Å². The Labute approximate surface area is 109 Å². The van der Waals surface area contributed by atoms with Crippen LogP contribution in [0.2, 0.25) is 0 Å². The van der Waals surface area contributed by atoms with Crippen molar-refractivity contribution in [2.24, 2.45) is 5.92 Å². The predicted molar refractivity (Wildman–Crippen MR) is 73.4 cm³/mol. The highest BCUT2D eigenvalue weighted by molar-refractivity contribution is 7.89. The van der Waals surface area contributed by atoms with E-state index >= 15 is 0 Å². The largest absolute Gasteiger partial charge is 0.388 e. The van der Waals surface area contributed by atoms with E-state index in [1.807, 2.05) is 33.0 Å². The third-order valence-electron chi connectivity index (χ3n) is 3.28. The van der Waals surface area contributed by atoms with Gasteiger partial charge in [-0.1, -0.05) is 0 Å². The highest BCUT2D eigenvalue weighted by Crippen LogP contribution is 2.29. The first-order valence-corrected chi connectivity index (χ1v) is 7.71. The maximum Gasteiger partial charge on any atom is 0.241 e. The minimum atomic E-state index is -3.38. The van der Waals surface area contributed by atoms with E-state index in [0.717, 1.165) is 29.7 Å². The highest BCUT2D eigenvalue weighted by atomic mass is 32.2. The van der Waals surface area contributed by atoms with Crippen molar-refractivity contribution in [1.29, 1.82) is 0 Å². The summed E-state index contributed by atoms with van der Waals surface area (Å²) in [6.07, 6.45) is 2.28. The summed E-state index contributed by atoms with van der Waals surface area (Å²) >= 11 is 0. The number of anilines is 1. The molecule has 0 bridgehead atoms. The van der Waals surface area contributed by atoms with Gasteiger partial charge in [-0.15, -0.1) is 0 Å². The predicted octanol–water partition coefficient (Wildman–Crippen LogP) is 2.03. The molecule has 1 aliphatic rings. The molecule has 1 aromatic rings. The maximum absolute atomic E-state index is 12.3. The monoisotopic (exact) mass is 268 g/mol. The lowest BCUT2D eigenvalue weighted by Gasteiger charge is -2.13. The van der Waals surface area contributed by atoms with Crippen LogP contribution in [-0.2, 0) is 10.0 Å². The van der Waals surface area contributed by atoms with Crippen LogP contribution in [0.25, 0.3) is 0 Å². The summed E-state index contributed by atoms with van der Waals surface area (Å²) in [5, 5.41) is 3.03. The van der Waals surface area contributed by atoms with Crippen molar-refractivity contribution in [2.75, 3.05) is 18.9 Å². The van der Waals surface area contributed by atoms with Crippen molar-refractivity contribution in [1.82, 2.24) is 4.72 Å². The van der Waals surface area contributed by atoms with Crippen molar-refractivity contribution < 1.29 is 8.42 Å². The molecule has 0 aliphatic heterocycles. The molecule has 0 spiro atoms. The summed E-state index contributed by atoms with van der Waals surface area (Å²) in [6.45, 7) is 4.23. The fraction of sp³-hybridized carbons (Fsp3) is 0.538. The standard InChI is InChI=1S/C13H20N2O2S/c1-9-6-12(14-3)7-10(2)13(9)18(16,17)15-8-11-4-5-11/h6-7,11,14-15H,4-5,8H2,1-3H3. The number of hydrogen-bond donors (Lipinski definition) is 2. The molecule has 2 rings (SSSR count). The molecule has 0 heterocycles. The first-order valence-electron chi connectivity index (χ1n) is 6.22. The fourth-order valence-corrected chi connectivity index (χ4v) is 3.71. The van der Waals surface area contributed by atoms with Crippen molar-refractivity contribution >= 4 is 15.7 Å². The minimum absolute atomic E-state index is 0.419. The van der Waals surface area contributed by atoms with Crippen molar-refractivity contribution in [3.05, 3.63) is 23.3 Å². The van der Waals surface area contributed by atoms with Gasteiger partial charge < -0.3 is 5.32 Å². The lowest BCUT2D eigenvalue weighted by Crippen LogP contribution is -2.27. The first-order chi connectivity index (χ1) is 8.44. The first kappa shape index (κ1) is 13.4. The molecule has 0 radical (unpaired) electrons. The molecule has 4 nitrogen and oxygen atoms in total. The summed E-state index contributed by atoms with van der Waals surface area (Å²) in [5.74, 6) is 0.539. The zero-order valence-corrected chi connectivity index (χ0v) is 11.9. The molecule has 2 N–H and O–H groups in total. The average molecular weight is 268 g/mol. The minimum Gasteiger partial charge on any atom is -0.388 e. The molecule has 0 amide bonds. The molecule has 5 heteroatoms. The van der Waals surface area contributed by atoms with Crippen LogP contribution in [0, 0.1) is 19.8 Å². The van der Waals surface area contributed by atoms with Crippen LogP contribution in [0.3, 0.4) is 0 Å². The number of sulfonamides is 1. The molecule has 18 heavy (non-hydrogen) atoms. The van der Waals surface area contributed by atoms with Crippen LogP contribution < -0.4 is 10.0 Å². The van der Waals surface area contributed by atoms with Crippen LogP contribution in [0.15, 0.2) is 17.0 Å². The molecule has 1 aromatic carbocycles. The van der Waals surface area contributed by atoms with E-state index in [4.69, 9.17) is 0 Å². The molecular weight excluding hydrogens is 248 g/mol. The van der Waals surface area contributed by atoms with E-state index in [0.29, 0.717) is 17.4 Å². The van der Waals surface area contributed by atoms with Gasteiger partial charge in [0.1, 0.15) is 0 Å². The highest BCUT2D eigenvalue weighted by Gasteiger charge is 2.26. The second kappa shape index (κ2) is 4.90. The van der Waals surface area contributed by atoms with Crippen molar-refractivity contribution in [2.45, 2.75) is 31.6 Å². The van der Waals surface area contributed by atoms with Crippen LogP contribution in [0.4, 0.5) is 5.69 Å². The van der Waals surface area contributed by atoms with Crippen LogP contribution in [-0.4, -0.2) is 22.0 Å². The lowest BCUT2D eigenvalue weighted by molar-refractivity contribution is 0.576. The quantitative estimate of drug-likeness (QED) is 0.859. The average Bonchev–Trinajstić information content (AvgIpc) is 3.08. The second-order valence-electron chi connectivity index (χ2n) is 4.98. The van der Waals surface area contributed by atoms with Crippen LogP contribution in [0.1, 0.15) is 24.0 Å². The smallest absolute Gasteiger partial charge is 0.241 e. The molecule has 0 aromatic heterocycles. The van der Waals surface area contributed by atoms with Gasteiger partial charge in [-0.25, -0.2) is 13.1 Å². The summed E-state index contributed by atoms with van der Waals surface area (Å²) in [4.78, 5) is 0.419. The molecule has 0 saturated heterocycles. The fourth-order valence-electron chi connectivity index (χ4n) is 2.14. The van der Waals surface area contributed by atoms with Gasteiger partial charge in [-0.2, -0.15) is 0 Å². The Morgan fingerprint density at radius 1 is 1.22 bits per heavy atom. The Morgan fingerprint density at radius 3 is 2.22 bits per heavy atom. The van der Waals surface area contributed by atoms with Gasteiger partial charge in [-0.3, -0.25) is 0 Å². The summed E-state index contributed by atoms with van der Waals surface area (Å²) in [6, 6.07) is 3.72. The van der Waals surface area contributed by atoms with Gasteiger partial charge in [0.2, 0.25) is 10.0 Å². The van der Waals surface area contributed by atoms with E-state index in [2.05, 4.69) is 10.0 Å². The van der Waals surface area contributed by atoms with E-state index in [9.17, 15) is 8.42 Å². The molecule has 1 aliphatic carbocycles. The molecule has 100 valence electrons. The Balaban J connectivity index is 2.30. The third-order valence-corrected chi connectivity index (χ3v) is 5.00. The Kier molecular flexibility index (Phi) is 3.64. The van der Waals surface area contributed by atoms with Gasteiger partial charge in [0.05, 0.1) is 4.90 Å². The Hall–Kier alpha value is -1.07. The number of hydrogen-bond acceptors (Lipinski definition) is 3. The molecule has 0 atom stereocenters. The Morgan fingerprint density at radius 2 is 1.78 bits per heavy atom. The summed E-state index contributed by atoms with van der Waals surface area (Å²) in [5.41, 5.74) is 2.50. The van der Waals surface area contributed by atoms with Crippen molar-refractivity contribution in [3.63, 3.8) is 0 Å². The zero-order chi connectivity index (χ0) is 13.3. The van der Waals surface area contributed by atoms with Gasteiger partial charge >= 0.3 is 0 Å². The van der Waals surface area contributed by atoms with Crippen molar-refractivity contribution in [3.8, 4) is 0 Å². The lowest BCUT2D eigenvalue weighted by atomic mass is 10.1. The van der Waals surface area contributed by atoms with Crippen LogP contribution >= 0.6 is 0 Å². The zero-order valence-electron chi connectivity index (χ0n) is 11.1. The normalized spacial score (nSPS) is 15.7. The Bertz CT molecular complexity index is 525. The molecular formula is C13H20N2O2S. The summed E-state index contributed by atoms with van der Waals surface area (Å²) in [7, 11) is -1.55. The molecule has 1 fully saturated rings. The van der Waals surface area contributed by atoms with E-state index < -0.39 is 10.0 Å². The third kappa shape index (κ3) is 2.84. The topological polar surface area (TPSA) is 58.2 Å². The van der Waals surface area contributed by atoms with Gasteiger partial charge in [0.15, 0.2) is 0 Å². The maximum atomic E-state index is 12.3. The number of benzene rings is 1. The number of rotatable bonds is 5. The van der Waals surface area contributed by atoms with Gasteiger partial charge in [0, 0.05) is 19.3 Å². The SMILES string of the molecule is CNc1cc(C)c(S(=O)(=O)NCC2CC2)c(C)c1. The summed E-state index contributed by atoms with van der Waals surface area (Å²) < 4.78 is 27.3. The van der Waals surface area contributed by atoms with E-state index in [1.165, 1.54) is 0 Å². The van der Waals surface area contributed by atoms with Crippen LogP contribution in [0.5, 0.6) is 0 Å². The van der Waals surface area contributed by atoms with Gasteiger partial charge in [0.25, 0.3) is 0 Å².